The molecule has 0 saturated carbocycles. The van der Waals surface area contributed by atoms with Gasteiger partial charge in [-0.3, -0.25) is 4.99 Å². The van der Waals surface area contributed by atoms with Crippen LogP contribution in [-0.4, -0.2) is 52.1 Å². The van der Waals surface area contributed by atoms with Gasteiger partial charge in [0.15, 0.2) is 0 Å². The van der Waals surface area contributed by atoms with Crippen LogP contribution in [0.1, 0.15) is 13.3 Å². The van der Waals surface area contributed by atoms with E-state index in [9.17, 15) is 10.2 Å². The molecule has 86 valence electrons. The lowest BCUT2D eigenvalue weighted by Gasteiger charge is -2.39. The second-order valence-corrected chi connectivity index (χ2v) is 3.77. The SMILES string of the molecule is CC1=NC=C(CO)C(CO)(CCO)C1O. The zero-order chi connectivity index (χ0) is 11.5. The second-order valence-electron chi connectivity index (χ2n) is 3.77. The smallest absolute Gasteiger partial charge is 0.104 e. The third-order valence-corrected chi connectivity index (χ3v) is 2.99. The average molecular weight is 215 g/mol. The number of aliphatic imine (C=N–C) groups is 1. The van der Waals surface area contributed by atoms with Crippen molar-refractivity contribution in [3.8, 4) is 0 Å². The van der Waals surface area contributed by atoms with Gasteiger partial charge in [-0.2, -0.15) is 0 Å². The highest BCUT2D eigenvalue weighted by molar-refractivity contribution is 5.89. The van der Waals surface area contributed by atoms with E-state index in [1.165, 1.54) is 6.20 Å². The Morgan fingerprint density at radius 2 is 2.07 bits per heavy atom. The quantitative estimate of drug-likeness (QED) is 0.487. The zero-order valence-corrected chi connectivity index (χ0v) is 8.72. The first-order valence-corrected chi connectivity index (χ1v) is 4.87. The lowest BCUT2D eigenvalue weighted by molar-refractivity contribution is 0.0199. The van der Waals surface area contributed by atoms with E-state index in [0.717, 1.165) is 0 Å². The van der Waals surface area contributed by atoms with Crippen LogP contribution in [0.4, 0.5) is 0 Å². The number of hydrogen-bond acceptors (Lipinski definition) is 5. The first-order valence-electron chi connectivity index (χ1n) is 4.87. The summed E-state index contributed by atoms with van der Waals surface area (Å²) in [5.74, 6) is 0. The Kier molecular flexibility index (Phi) is 3.98. The maximum absolute atomic E-state index is 9.97. The topological polar surface area (TPSA) is 93.3 Å². The number of nitrogens with zero attached hydrogens (tertiary/aromatic N) is 1. The summed E-state index contributed by atoms with van der Waals surface area (Å²) < 4.78 is 0. The van der Waals surface area contributed by atoms with Crippen molar-refractivity contribution < 1.29 is 20.4 Å². The van der Waals surface area contributed by atoms with Crippen molar-refractivity contribution in [2.24, 2.45) is 10.4 Å². The molecule has 0 amide bonds. The summed E-state index contributed by atoms with van der Waals surface area (Å²) in [6.45, 7) is 0.877. The van der Waals surface area contributed by atoms with Gasteiger partial charge in [0.1, 0.15) is 6.10 Å². The maximum Gasteiger partial charge on any atom is 0.104 e. The second kappa shape index (κ2) is 4.85. The fraction of sp³-hybridized carbons (Fsp3) is 0.700. The average Bonchev–Trinajstić information content (AvgIpc) is 2.25. The molecule has 0 fully saturated rings. The zero-order valence-electron chi connectivity index (χ0n) is 8.72. The van der Waals surface area contributed by atoms with Gasteiger partial charge in [-0.1, -0.05) is 0 Å². The molecule has 1 heterocycles. The maximum atomic E-state index is 9.97. The van der Waals surface area contributed by atoms with Crippen LogP contribution in [0.2, 0.25) is 0 Å². The van der Waals surface area contributed by atoms with E-state index in [1.54, 1.807) is 6.92 Å². The lowest BCUT2D eigenvalue weighted by atomic mass is 9.71. The molecule has 0 bridgehead atoms. The molecule has 4 N–H and O–H groups in total. The third kappa shape index (κ3) is 1.96. The van der Waals surface area contributed by atoms with Gasteiger partial charge in [0.05, 0.1) is 18.6 Å². The highest BCUT2D eigenvalue weighted by atomic mass is 16.3. The molecule has 0 aromatic rings. The molecule has 2 atom stereocenters. The first-order chi connectivity index (χ1) is 7.12. The van der Waals surface area contributed by atoms with Crippen LogP contribution >= 0.6 is 0 Å². The minimum Gasteiger partial charge on any atom is -0.396 e. The molecule has 5 nitrogen and oxygen atoms in total. The van der Waals surface area contributed by atoms with Crippen LogP contribution in [0, 0.1) is 5.41 Å². The number of aliphatic hydroxyl groups is 4. The van der Waals surface area contributed by atoms with Gasteiger partial charge in [0.25, 0.3) is 0 Å². The van der Waals surface area contributed by atoms with E-state index in [1.807, 2.05) is 0 Å². The van der Waals surface area contributed by atoms with Crippen LogP contribution in [0.15, 0.2) is 16.8 Å². The summed E-state index contributed by atoms with van der Waals surface area (Å²) in [5, 5.41) is 37.5. The summed E-state index contributed by atoms with van der Waals surface area (Å²) in [6.07, 6.45) is 0.694. The molecular formula is C10H17NO4. The van der Waals surface area contributed by atoms with E-state index >= 15 is 0 Å². The summed E-state index contributed by atoms with van der Waals surface area (Å²) in [5.41, 5.74) is -0.0538. The van der Waals surface area contributed by atoms with Crippen molar-refractivity contribution in [3.63, 3.8) is 0 Å². The van der Waals surface area contributed by atoms with Crippen LogP contribution in [0.25, 0.3) is 0 Å². The van der Waals surface area contributed by atoms with Crippen molar-refractivity contribution in [2.75, 3.05) is 19.8 Å². The summed E-state index contributed by atoms with van der Waals surface area (Å²) in [7, 11) is 0. The number of aliphatic hydroxyl groups excluding tert-OH is 4. The summed E-state index contributed by atoms with van der Waals surface area (Å²) in [4.78, 5) is 3.94. The van der Waals surface area contributed by atoms with Crippen molar-refractivity contribution >= 4 is 5.71 Å². The van der Waals surface area contributed by atoms with Crippen molar-refractivity contribution in [1.82, 2.24) is 0 Å². The highest BCUT2D eigenvalue weighted by Gasteiger charge is 2.43. The van der Waals surface area contributed by atoms with E-state index in [0.29, 0.717) is 11.3 Å². The van der Waals surface area contributed by atoms with E-state index in [4.69, 9.17) is 10.2 Å². The molecule has 0 saturated heterocycles. The van der Waals surface area contributed by atoms with Crippen LogP contribution in [-0.2, 0) is 0 Å². The summed E-state index contributed by atoms with van der Waals surface area (Å²) in [6, 6.07) is 0. The molecule has 1 aliphatic heterocycles. The molecule has 0 radical (unpaired) electrons. The number of rotatable bonds is 4. The molecule has 0 aromatic carbocycles. The predicted octanol–water partition coefficient (Wildman–Crippen LogP) is -0.941. The van der Waals surface area contributed by atoms with Crippen LogP contribution in [0.3, 0.4) is 0 Å². The Hall–Kier alpha value is -0.750. The summed E-state index contributed by atoms with van der Waals surface area (Å²) >= 11 is 0. The van der Waals surface area contributed by atoms with Gasteiger partial charge in [0, 0.05) is 18.5 Å². The lowest BCUT2D eigenvalue weighted by Crippen LogP contribution is -2.47. The Balaban J connectivity index is 3.10. The van der Waals surface area contributed by atoms with Crippen LogP contribution < -0.4 is 0 Å². The monoisotopic (exact) mass is 215 g/mol. The minimum atomic E-state index is -0.991. The molecule has 0 aromatic heterocycles. The molecular weight excluding hydrogens is 198 g/mol. The Bertz CT molecular complexity index is 287. The van der Waals surface area contributed by atoms with Crippen molar-refractivity contribution in [3.05, 3.63) is 11.8 Å². The molecule has 0 aliphatic carbocycles. The fourth-order valence-electron chi connectivity index (χ4n) is 1.92. The standard InChI is InChI=1S/C10H17NO4/c1-7-9(15)10(6-14,2-3-12)8(5-13)4-11-7/h4,9,12-15H,2-3,5-6H2,1H3. The van der Waals surface area contributed by atoms with Gasteiger partial charge in [-0.25, -0.2) is 0 Å². The van der Waals surface area contributed by atoms with E-state index in [-0.39, 0.29) is 26.2 Å². The molecule has 1 aliphatic rings. The van der Waals surface area contributed by atoms with Gasteiger partial charge in [-0.15, -0.1) is 0 Å². The Labute approximate surface area is 88.4 Å². The Morgan fingerprint density at radius 3 is 2.53 bits per heavy atom. The molecule has 0 spiro atoms. The first kappa shape index (κ1) is 12.3. The van der Waals surface area contributed by atoms with Gasteiger partial charge < -0.3 is 20.4 Å². The van der Waals surface area contributed by atoms with Crippen molar-refractivity contribution in [1.29, 1.82) is 0 Å². The molecule has 1 rings (SSSR count). The highest BCUT2D eigenvalue weighted by Crippen LogP contribution is 2.37. The van der Waals surface area contributed by atoms with E-state index in [2.05, 4.69) is 4.99 Å². The molecule has 2 unspecified atom stereocenters. The van der Waals surface area contributed by atoms with E-state index < -0.39 is 11.5 Å². The Morgan fingerprint density at radius 1 is 1.40 bits per heavy atom. The van der Waals surface area contributed by atoms with Crippen molar-refractivity contribution in [2.45, 2.75) is 19.4 Å². The fourth-order valence-corrected chi connectivity index (χ4v) is 1.92. The van der Waals surface area contributed by atoms with Gasteiger partial charge >= 0.3 is 0 Å². The van der Waals surface area contributed by atoms with Gasteiger partial charge in [0.2, 0.25) is 0 Å². The minimum absolute atomic E-state index is 0.164. The largest absolute Gasteiger partial charge is 0.396 e. The third-order valence-electron chi connectivity index (χ3n) is 2.99. The predicted molar refractivity (Wildman–Crippen MR) is 55.5 cm³/mol. The molecule has 15 heavy (non-hydrogen) atoms. The number of hydrogen-bond donors (Lipinski definition) is 4. The normalized spacial score (nSPS) is 31.1. The van der Waals surface area contributed by atoms with Crippen LogP contribution in [0.5, 0.6) is 0 Å². The molecule has 5 heteroatoms. The van der Waals surface area contributed by atoms with Gasteiger partial charge in [-0.05, 0) is 18.9 Å².